The summed E-state index contributed by atoms with van der Waals surface area (Å²) in [4.78, 5) is 22.4. The summed E-state index contributed by atoms with van der Waals surface area (Å²) in [7, 11) is 0. The highest BCUT2D eigenvalue weighted by atomic mass is 32.1. The van der Waals surface area contributed by atoms with Crippen LogP contribution in [-0.2, 0) is 9.53 Å². The van der Waals surface area contributed by atoms with Crippen molar-refractivity contribution in [3.8, 4) is 0 Å². The molecule has 0 aliphatic carbocycles. The average molecular weight is 393 g/mol. The Bertz CT molecular complexity index is 745. The van der Waals surface area contributed by atoms with Gasteiger partial charge in [0.25, 0.3) is 11.4 Å². The fraction of sp³-hybridized carbons (Fsp3) is 0.429. The molecular weight excluding hydrogens is 379 g/mol. The first-order valence-electron chi connectivity index (χ1n) is 7.30. The van der Waals surface area contributed by atoms with E-state index in [1.165, 1.54) is 19.1 Å². The van der Waals surface area contributed by atoms with E-state index in [9.17, 15) is 33.2 Å². The molecule has 1 heterocycles. The van der Waals surface area contributed by atoms with Gasteiger partial charge in [-0.25, -0.2) is 0 Å². The molecule has 0 aromatic heterocycles. The lowest BCUT2D eigenvalue weighted by Crippen LogP contribution is -2.73. The Morgan fingerprint density at radius 2 is 2.15 bits per heavy atom. The summed E-state index contributed by atoms with van der Waals surface area (Å²) < 4.78 is 45.3. The normalized spacial score (nSPS) is 25.8. The number of benzene rings is 1. The summed E-state index contributed by atoms with van der Waals surface area (Å²) in [5.74, 6) is -3.54. The standard InChI is InChI=1S/C14H14F3N3O5S/c1-2-25-11(21)9-10(7-4-3-5-8(6-7)20(23)24)18-12(26)19-13(9,22)14(15,16)17/h3-6,9-10,22H,2H2,1H3,(H2,18,19,26)/t9-,10+,13+/m1/s1. The van der Waals surface area contributed by atoms with Crippen LogP contribution in [0.15, 0.2) is 24.3 Å². The number of esters is 1. The van der Waals surface area contributed by atoms with Crippen LogP contribution in [0, 0.1) is 16.0 Å². The van der Waals surface area contributed by atoms with Crippen LogP contribution in [0.4, 0.5) is 18.9 Å². The molecule has 142 valence electrons. The molecule has 0 amide bonds. The monoisotopic (exact) mass is 393 g/mol. The van der Waals surface area contributed by atoms with Crippen molar-refractivity contribution in [2.24, 2.45) is 5.92 Å². The van der Waals surface area contributed by atoms with Crippen molar-refractivity contribution in [3.63, 3.8) is 0 Å². The van der Waals surface area contributed by atoms with E-state index < -0.39 is 45.6 Å². The molecule has 0 saturated carbocycles. The van der Waals surface area contributed by atoms with Crippen LogP contribution in [0.5, 0.6) is 0 Å². The number of carbonyl (C=O) groups excluding carboxylic acids is 1. The van der Waals surface area contributed by atoms with Gasteiger partial charge in [-0.15, -0.1) is 0 Å². The maximum Gasteiger partial charge on any atom is 0.437 e. The minimum atomic E-state index is -5.28. The molecule has 26 heavy (non-hydrogen) atoms. The highest BCUT2D eigenvalue weighted by Crippen LogP contribution is 2.43. The fourth-order valence-corrected chi connectivity index (χ4v) is 2.93. The molecular formula is C14H14F3N3O5S. The maximum atomic E-state index is 13.5. The Morgan fingerprint density at radius 1 is 1.50 bits per heavy atom. The summed E-state index contributed by atoms with van der Waals surface area (Å²) in [5.41, 5.74) is -4.15. The third-order valence-electron chi connectivity index (χ3n) is 3.79. The molecule has 0 bridgehead atoms. The SMILES string of the molecule is CCOC(=O)[C@H]1[C@H](c2cccc([N+](=O)[O-])c2)NC(=S)N[C@@]1(O)C(F)(F)F. The number of nitro groups is 1. The van der Waals surface area contributed by atoms with Crippen molar-refractivity contribution in [2.45, 2.75) is 24.9 Å². The molecule has 1 fully saturated rings. The number of carbonyl (C=O) groups is 1. The summed E-state index contributed by atoms with van der Waals surface area (Å²) in [6.07, 6.45) is -5.28. The molecule has 1 aromatic rings. The number of non-ortho nitro benzene ring substituents is 1. The Labute approximate surface area is 150 Å². The van der Waals surface area contributed by atoms with Gasteiger partial charge >= 0.3 is 12.1 Å². The summed E-state index contributed by atoms with van der Waals surface area (Å²) in [6.45, 7) is 1.16. The third-order valence-corrected chi connectivity index (χ3v) is 4.01. The van der Waals surface area contributed by atoms with Crippen molar-refractivity contribution in [1.29, 1.82) is 0 Å². The number of aliphatic hydroxyl groups is 1. The number of halogens is 3. The number of nitrogens with one attached hydrogen (secondary N) is 2. The van der Waals surface area contributed by atoms with Crippen LogP contribution >= 0.6 is 12.2 Å². The largest absolute Gasteiger partial charge is 0.466 e. The number of nitro benzene ring substituents is 1. The second kappa shape index (κ2) is 7.03. The lowest BCUT2D eigenvalue weighted by molar-refractivity contribution is -0.385. The Balaban J connectivity index is 2.60. The molecule has 0 unspecified atom stereocenters. The first-order valence-corrected chi connectivity index (χ1v) is 7.71. The van der Waals surface area contributed by atoms with Crippen molar-refractivity contribution in [3.05, 3.63) is 39.9 Å². The van der Waals surface area contributed by atoms with E-state index in [1.807, 2.05) is 0 Å². The topological polar surface area (TPSA) is 114 Å². The number of hydrogen-bond acceptors (Lipinski definition) is 6. The third kappa shape index (κ3) is 3.55. The summed E-state index contributed by atoms with van der Waals surface area (Å²) in [6, 6.07) is 3.15. The van der Waals surface area contributed by atoms with Gasteiger partial charge in [0, 0.05) is 12.1 Å². The molecule has 1 aliphatic heterocycles. The van der Waals surface area contributed by atoms with Gasteiger partial charge in [-0.2, -0.15) is 13.2 Å². The molecule has 1 aromatic carbocycles. The molecule has 2 rings (SSSR count). The Hall–Kier alpha value is -2.47. The molecule has 0 radical (unpaired) electrons. The molecule has 1 saturated heterocycles. The number of nitrogens with zero attached hydrogens (tertiary/aromatic N) is 1. The van der Waals surface area contributed by atoms with E-state index in [-0.39, 0.29) is 12.2 Å². The van der Waals surface area contributed by atoms with Gasteiger partial charge in [-0.3, -0.25) is 14.9 Å². The second-order valence-electron chi connectivity index (χ2n) is 5.42. The van der Waals surface area contributed by atoms with Crippen molar-refractivity contribution in [2.75, 3.05) is 6.61 Å². The van der Waals surface area contributed by atoms with Crippen molar-refractivity contribution < 1.29 is 32.7 Å². The minimum absolute atomic E-state index is 0.0382. The van der Waals surface area contributed by atoms with Gasteiger partial charge in [0.15, 0.2) is 5.11 Å². The average Bonchev–Trinajstić information content (AvgIpc) is 2.53. The predicted octanol–water partition coefficient (Wildman–Crippen LogP) is 1.54. The van der Waals surface area contributed by atoms with Crippen LogP contribution < -0.4 is 10.6 Å². The number of hydrogen-bond donors (Lipinski definition) is 3. The zero-order valence-corrected chi connectivity index (χ0v) is 14.1. The molecule has 3 N–H and O–H groups in total. The Morgan fingerprint density at radius 3 is 2.69 bits per heavy atom. The second-order valence-corrected chi connectivity index (χ2v) is 5.83. The van der Waals surface area contributed by atoms with E-state index >= 15 is 0 Å². The highest BCUT2D eigenvalue weighted by Gasteiger charge is 2.66. The lowest BCUT2D eigenvalue weighted by Gasteiger charge is -2.45. The van der Waals surface area contributed by atoms with E-state index in [0.717, 1.165) is 12.1 Å². The van der Waals surface area contributed by atoms with Gasteiger partial charge in [-0.05, 0) is 24.7 Å². The van der Waals surface area contributed by atoms with Crippen LogP contribution in [0.3, 0.4) is 0 Å². The predicted molar refractivity (Wildman–Crippen MR) is 85.8 cm³/mol. The zero-order valence-electron chi connectivity index (χ0n) is 13.2. The lowest BCUT2D eigenvalue weighted by atomic mass is 9.82. The first-order chi connectivity index (χ1) is 12.0. The van der Waals surface area contributed by atoms with Gasteiger partial charge < -0.3 is 20.5 Å². The zero-order chi connectivity index (χ0) is 19.7. The first kappa shape index (κ1) is 19.8. The number of ether oxygens (including phenoxy) is 1. The Kier molecular flexibility index (Phi) is 5.37. The summed E-state index contributed by atoms with van der Waals surface area (Å²) >= 11 is 4.72. The molecule has 3 atom stereocenters. The molecule has 8 nitrogen and oxygen atoms in total. The smallest absolute Gasteiger partial charge is 0.437 e. The van der Waals surface area contributed by atoms with E-state index in [1.54, 1.807) is 5.32 Å². The fourth-order valence-electron chi connectivity index (χ4n) is 2.65. The minimum Gasteiger partial charge on any atom is -0.466 e. The van der Waals surface area contributed by atoms with E-state index in [4.69, 9.17) is 12.2 Å². The molecule has 12 heteroatoms. The van der Waals surface area contributed by atoms with Crippen LogP contribution in [0.25, 0.3) is 0 Å². The highest BCUT2D eigenvalue weighted by molar-refractivity contribution is 7.80. The summed E-state index contributed by atoms with van der Waals surface area (Å²) in [5, 5.41) is 24.7. The maximum absolute atomic E-state index is 13.5. The number of thiocarbonyl (C=S) groups is 1. The van der Waals surface area contributed by atoms with Gasteiger partial charge in [-0.1, -0.05) is 12.1 Å². The number of alkyl halides is 3. The van der Waals surface area contributed by atoms with Gasteiger partial charge in [0.1, 0.15) is 5.92 Å². The number of rotatable bonds is 4. The molecule has 1 aliphatic rings. The quantitative estimate of drug-likeness (QED) is 0.306. The van der Waals surface area contributed by atoms with Gasteiger partial charge in [0.05, 0.1) is 17.6 Å². The molecule has 0 spiro atoms. The van der Waals surface area contributed by atoms with Crippen LogP contribution in [0.1, 0.15) is 18.5 Å². The van der Waals surface area contributed by atoms with E-state index in [2.05, 4.69) is 10.1 Å². The van der Waals surface area contributed by atoms with E-state index in [0.29, 0.717) is 0 Å². The van der Waals surface area contributed by atoms with Crippen molar-refractivity contribution in [1.82, 2.24) is 10.6 Å². The van der Waals surface area contributed by atoms with Gasteiger partial charge in [0.2, 0.25) is 0 Å². The van der Waals surface area contributed by atoms with Crippen LogP contribution in [-0.4, -0.2) is 39.6 Å². The van der Waals surface area contributed by atoms with Crippen LogP contribution in [0.2, 0.25) is 0 Å². The van der Waals surface area contributed by atoms with Crippen molar-refractivity contribution >= 4 is 29.0 Å².